The van der Waals surface area contributed by atoms with Crippen LogP contribution in [0, 0.1) is 4.64 Å². The van der Waals surface area contributed by atoms with Crippen LogP contribution in [0.2, 0.25) is 0 Å². The summed E-state index contributed by atoms with van der Waals surface area (Å²) in [5.74, 6) is 0.261. The first-order valence-electron chi connectivity index (χ1n) is 9.61. The predicted molar refractivity (Wildman–Crippen MR) is 122 cm³/mol. The second-order valence-corrected chi connectivity index (χ2v) is 7.43. The molecule has 0 fully saturated rings. The molecule has 0 radical (unpaired) electrons. The minimum absolute atomic E-state index is 0.261. The molecule has 5 nitrogen and oxygen atoms in total. The van der Waals surface area contributed by atoms with E-state index in [9.17, 15) is 0 Å². The van der Waals surface area contributed by atoms with Crippen LogP contribution in [-0.4, -0.2) is 19.5 Å². The summed E-state index contributed by atoms with van der Waals surface area (Å²) < 4.78 is 2.49. The van der Waals surface area contributed by atoms with Gasteiger partial charge in [-0.1, -0.05) is 103 Å². The topological polar surface area (TPSA) is 72.5 Å². The molecule has 0 aliphatic carbocycles. The van der Waals surface area contributed by atoms with Crippen molar-refractivity contribution in [2.24, 2.45) is 0 Å². The largest absolute Gasteiger partial charge is 0.369 e. The molecule has 0 bridgehead atoms. The van der Waals surface area contributed by atoms with E-state index in [0.29, 0.717) is 10.2 Å². The Balaban J connectivity index is 1.99. The van der Waals surface area contributed by atoms with E-state index in [1.807, 2.05) is 60.9 Å². The lowest BCUT2D eigenvalue weighted by molar-refractivity contribution is 0.526. The Morgan fingerprint density at radius 3 is 1.70 bits per heavy atom. The summed E-state index contributed by atoms with van der Waals surface area (Å²) in [6, 6.07) is 31.1. The Morgan fingerprint density at radius 1 is 0.767 bits per heavy atom. The smallest absolute Gasteiger partial charge is 0.200 e. The van der Waals surface area contributed by atoms with Gasteiger partial charge >= 0.3 is 0 Å². The first kappa shape index (κ1) is 18.3. The molecule has 146 valence electrons. The number of rotatable bonds is 4. The van der Waals surface area contributed by atoms with Crippen LogP contribution < -0.4 is 5.73 Å². The molecule has 0 atom stereocenters. The van der Waals surface area contributed by atoms with Gasteiger partial charge in [0.25, 0.3) is 0 Å². The highest BCUT2D eigenvalue weighted by atomic mass is 32.1. The molecule has 0 aliphatic heterocycles. The van der Waals surface area contributed by atoms with Gasteiger partial charge in [0.2, 0.25) is 0 Å². The lowest BCUT2D eigenvalue weighted by Crippen LogP contribution is -2.37. The van der Waals surface area contributed by atoms with E-state index < -0.39 is 5.54 Å². The van der Waals surface area contributed by atoms with Gasteiger partial charge in [-0.3, -0.25) is 4.57 Å². The molecular weight excluding hydrogens is 390 g/mol. The number of hydrogen-bond donors (Lipinski definition) is 2. The van der Waals surface area contributed by atoms with Gasteiger partial charge in [-0.2, -0.15) is 0 Å². The van der Waals surface area contributed by atoms with Crippen LogP contribution in [-0.2, 0) is 5.54 Å². The van der Waals surface area contributed by atoms with E-state index in [2.05, 4.69) is 55.9 Å². The Kier molecular flexibility index (Phi) is 4.41. The van der Waals surface area contributed by atoms with Crippen LogP contribution in [0.5, 0.6) is 0 Å². The highest BCUT2D eigenvalue weighted by molar-refractivity contribution is 7.71. The molecule has 3 N–H and O–H groups in total. The van der Waals surface area contributed by atoms with E-state index in [4.69, 9.17) is 18.0 Å². The number of nitrogen functional groups attached to an aromatic ring is 1. The van der Waals surface area contributed by atoms with Crippen molar-refractivity contribution in [3.05, 3.63) is 119 Å². The number of hydrogen-bond acceptors (Lipinski definition) is 4. The fraction of sp³-hybridized carbons (Fsp3) is 0.0417. The molecule has 0 saturated carbocycles. The second-order valence-electron chi connectivity index (χ2n) is 7.05. The fourth-order valence-electron chi connectivity index (χ4n) is 4.15. The maximum absolute atomic E-state index is 6.04. The van der Waals surface area contributed by atoms with Gasteiger partial charge in [0.05, 0.1) is 6.33 Å². The van der Waals surface area contributed by atoms with Gasteiger partial charge in [0.15, 0.2) is 10.6 Å². The van der Waals surface area contributed by atoms with E-state index in [1.165, 1.54) is 0 Å². The Labute approximate surface area is 178 Å². The van der Waals surface area contributed by atoms with E-state index in [-0.39, 0.29) is 5.95 Å². The molecule has 0 amide bonds. The quantitative estimate of drug-likeness (QED) is 0.327. The fourth-order valence-corrected chi connectivity index (χ4v) is 4.39. The first-order valence-corrected chi connectivity index (χ1v) is 10.0. The minimum atomic E-state index is -0.690. The highest BCUT2D eigenvalue weighted by Gasteiger charge is 2.39. The third-order valence-electron chi connectivity index (χ3n) is 5.37. The first-order chi connectivity index (χ1) is 14.7. The summed E-state index contributed by atoms with van der Waals surface area (Å²) >= 11 is 5.44. The van der Waals surface area contributed by atoms with Crippen molar-refractivity contribution in [3.63, 3.8) is 0 Å². The van der Waals surface area contributed by atoms with Crippen LogP contribution >= 0.6 is 12.2 Å². The molecule has 30 heavy (non-hydrogen) atoms. The number of anilines is 1. The van der Waals surface area contributed by atoms with Crippen molar-refractivity contribution in [1.82, 2.24) is 19.5 Å². The van der Waals surface area contributed by atoms with Gasteiger partial charge in [0, 0.05) is 0 Å². The molecule has 2 aromatic heterocycles. The van der Waals surface area contributed by atoms with Gasteiger partial charge < -0.3 is 10.7 Å². The zero-order chi connectivity index (χ0) is 20.6. The zero-order valence-corrected chi connectivity index (χ0v) is 16.9. The van der Waals surface area contributed by atoms with Crippen molar-refractivity contribution in [2.75, 3.05) is 5.73 Å². The summed E-state index contributed by atoms with van der Waals surface area (Å²) in [7, 11) is 0. The van der Waals surface area contributed by atoms with Crippen molar-refractivity contribution >= 4 is 29.3 Å². The number of benzene rings is 3. The summed E-state index contributed by atoms with van der Waals surface area (Å²) in [6.45, 7) is 0. The van der Waals surface area contributed by atoms with E-state index in [1.54, 1.807) is 0 Å². The van der Waals surface area contributed by atoms with Gasteiger partial charge in [0.1, 0.15) is 16.7 Å². The Bertz CT molecular complexity index is 1260. The number of nitrogens with one attached hydrogen (secondary N) is 1. The summed E-state index contributed by atoms with van der Waals surface area (Å²) in [6.07, 6.45) is 1.81. The highest BCUT2D eigenvalue weighted by Crippen LogP contribution is 2.42. The summed E-state index contributed by atoms with van der Waals surface area (Å²) in [5, 5.41) is 0. The van der Waals surface area contributed by atoms with Gasteiger partial charge in [-0.25, -0.2) is 9.97 Å². The molecule has 0 unspecified atom stereocenters. The van der Waals surface area contributed by atoms with E-state index >= 15 is 0 Å². The number of H-pyrrole nitrogens is 1. The molecular formula is C24H19N5S. The van der Waals surface area contributed by atoms with Gasteiger partial charge in [-0.05, 0) is 16.7 Å². The molecule has 3 aromatic carbocycles. The van der Waals surface area contributed by atoms with Crippen molar-refractivity contribution in [3.8, 4) is 0 Å². The van der Waals surface area contributed by atoms with Crippen molar-refractivity contribution in [2.45, 2.75) is 5.54 Å². The molecule has 0 aliphatic rings. The normalized spacial score (nSPS) is 11.6. The van der Waals surface area contributed by atoms with Crippen LogP contribution in [0.3, 0.4) is 0 Å². The van der Waals surface area contributed by atoms with Gasteiger partial charge in [-0.15, -0.1) is 0 Å². The zero-order valence-electron chi connectivity index (χ0n) is 16.1. The number of aromatic amines is 1. The summed E-state index contributed by atoms with van der Waals surface area (Å²) in [4.78, 5) is 12.0. The predicted octanol–water partition coefficient (Wildman–Crippen LogP) is 4.91. The maximum atomic E-state index is 6.04. The summed E-state index contributed by atoms with van der Waals surface area (Å²) in [5.41, 5.74) is 9.97. The lowest BCUT2D eigenvalue weighted by Gasteiger charge is -2.37. The third kappa shape index (κ3) is 2.73. The van der Waals surface area contributed by atoms with Crippen LogP contribution in [0.25, 0.3) is 11.2 Å². The number of aromatic nitrogens is 4. The van der Waals surface area contributed by atoms with Crippen LogP contribution in [0.1, 0.15) is 16.7 Å². The van der Waals surface area contributed by atoms with Crippen LogP contribution in [0.4, 0.5) is 5.95 Å². The van der Waals surface area contributed by atoms with Crippen molar-refractivity contribution in [1.29, 1.82) is 0 Å². The number of imidazole rings is 1. The van der Waals surface area contributed by atoms with Crippen molar-refractivity contribution < 1.29 is 0 Å². The van der Waals surface area contributed by atoms with Crippen LogP contribution in [0.15, 0.2) is 97.3 Å². The van der Waals surface area contributed by atoms with E-state index in [0.717, 1.165) is 22.3 Å². The number of nitrogens with two attached hydrogens (primary N) is 1. The molecule has 0 spiro atoms. The second kappa shape index (κ2) is 7.24. The maximum Gasteiger partial charge on any atom is 0.200 e. The average molecular weight is 410 g/mol. The standard InChI is InChI=1S/C24H19N5S/c25-23-27-21-20(22(30)28-23)26-16-29(21)24(17-10-4-1-5-11-17,18-12-6-2-7-13-18)19-14-8-3-9-15-19/h1-16H,(H3,25,27,28,30). The monoisotopic (exact) mass is 409 g/mol. The molecule has 2 heterocycles. The number of nitrogens with zero attached hydrogens (tertiary/aromatic N) is 3. The average Bonchev–Trinajstić information content (AvgIpc) is 3.21. The Morgan fingerprint density at radius 2 is 1.23 bits per heavy atom. The minimum Gasteiger partial charge on any atom is -0.369 e. The molecule has 5 aromatic rings. The SMILES string of the molecule is Nc1nc(=S)c2ncn(C(c3ccccc3)(c3ccccc3)c3ccccc3)c2[nH]1. The third-order valence-corrected chi connectivity index (χ3v) is 5.66. The molecule has 5 rings (SSSR count). The molecule has 6 heteroatoms. The molecule has 0 saturated heterocycles. The number of fused-ring (bicyclic) bond motifs is 1. The Hall–Kier alpha value is -3.77. The lowest BCUT2D eigenvalue weighted by atomic mass is 9.76.